The quantitative estimate of drug-likeness (QED) is 0.483. The minimum atomic E-state index is 0. The first-order chi connectivity index (χ1) is 9.67. The van der Waals surface area contributed by atoms with Gasteiger partial charge >= 0.3 is 0 Å². The molecule has 0 spiro atoms. The molecule has 0 saturated heterocycles. The van der Waals surface area contributed by atoms with E-state index in [0.29, 0.717) is 0 Å². The molecule has 2 nitrogen and oxygen atoms in total. The average Bonchev–Trinajstić information content (AvgIpc) is 2.36. The van der Waals surface area contributed by atoms with Gasteiger partial charge in [-0.25, -0.2) is 0 Å². The van der Waals surface area contributed by atoms with Crippen molar-refractivity contribution < 1.29 is 22.4 Å². The van der Waals surface area contributed by atoms with Crippen LogP contribution in [0.1, 0.15) is 81.1 Å². The van der Waals surface area contributed by atoms with Crippen molar-refractivity contribution in [2.75, 3.05) is 26.2 Å². The Labute approximate surface area is 153 Å². The first-order valence-electron chi connectivity index (χ1n) is 9.52. The van der Waals surface area contributed by atoms with E-state index in [-0.39, 0.29) is 17.9 Å². The van der Waals surface area contributed by atoms with Crippen molar-refractivity contribution in [3.63, 3.8) is 0 Å². The standard InChI is InChI=1S/C20H44N.ClH.H2O/c1-17(2)9-13-21(14-10-18(3)4,15-11-19(5)6)16-12-20(7)8;;/h17-20H,9-16H2,1-8H3;1H;1H2/q+1;;/p-1. The highest BCUT2D eigenvalue weighted by atomic mass is 35.5. The average molecular weight is 352 g/mol. The summed E-state index contributed by atoms with van der Waals surface area (Å²) in [4.78, 5) is 0. The molecule has 0 rings (SSSR count). The monoisotopic (exact) mass is 351 g/mol. The van der Waals surface area contributed by atoms with Crippen molar-refractivity contribution in [1.82, 2.24) is 0 Å². The molecule has 0 amide bonds. The van der Waals surface area contributed by atoms with Gasteiger partial charge in [0.05, 0.1) is 26.2 Å². The summed E-state index contributed by atoms with van der Waals surface area (Å²) in [5, 5.41) is 0. The summed E-state index contributed by atoms with van der Waals surface area (Å²) in [5.41, 5.74) is 0. The third-order valence-electron chi connectivity index (χ3n) is 4.72. The number of rotatable bonds is 12. The van der Waals surface area contributed by atoms with Crippen LogP contribution in [0, 0.1) is 23.7 Å². The van der Waals surface area contributed by atoms with Gasteiger partial charge in [-0.05, 0) is 49.4 Å². The molecule has 0 atom stereocenters. The Morgan fingerprint density at radius 3 is 0.783 bits per heavy atom. The molecule has 0 aromatic heterocycles. The van der Waals surface area contributed by atoms with E-state index in [2.05, 4.69) is 55.4 Å². The third-order valence-corrected chi connectivity index (χ3v) is 4.72. The fourth-order valence-electron chi connectivity index (χ4n) is 2.80. The number of hydrogen-bond donors (Lipinski definition) is 0. The lowest BCUT2D eigenvalue weighted by atomic mass is 10.0. The Kier molecular flexibility index (Phi) is 17.7. The molecule has 3 heteroatoms. The Morgan fingerprint density at radius 1 is 0.478 bits per heavy atom. The molecule has 0 fully saturated rings. The predicted octanol–water partition coefficient (Wildman–Crippen LogP) is 2.17. The number of nitrogens with zero attached hydrogens (tertiary/aromatic N) is 1. The van der Waals surface area contributed by atoms with Gasteiger partial charge in [0.1, 0.15) is 0 Å². The molecule has 0 aromatic rings. The highest BCUT2D eigenvalue weighted by Crippen LogP contribution is 2.21. The molecule has 0 aromatic carbocycles. The first kappa shape index (κ1) is 28.0. The summed E-state index contributed by atoms with van der Waals surface area (Å²) in [6.45, 7) is 24.6. The van der Waals surface area contributed by atoms with E-state index < -0.39 is 0 Å². The maximum Gasteiger partial charge on any atom is 0.0789 e. The van der Waals surface area contributed by atoms with Crippen LogP contribution in [0.3, 0.4) is 0 Å². The van der Waals surface area contributed by atoms with Crippen LogP contribution in [0.2, 0.25) is 0 Å². The highest BCUT2D eigenvalue weighted by molar-refractivity contribution is 4.56. The molecule has 23 heavy (non-hydrogen) atoms. The van der Waals surface area contributed by atoms with Crippen LogP contribution in [0.4, 0.5) is 0 Å². The van der Waals surface area contributed by atoms with E-state index in [1.165, 1.54) is 56.3 Å². The Balaban J connectivity index is -0.00000200. The normalized spacial score (nSPS) is 12.0. The minimum absolute atomic E-state index is 0. The number of quaternary nitrogens is 1. The number of hydrogen-bond acceptors (Lipinski definition) is 0. The lowest BCUT2D eigenvalue weighted by Crippen LogP contribution is -3.00. The topological polar surface area (TPSA) is 31.5 Å². The molecule has 0 aliphatic carbocycles. The van der Waals surface area contributed by atoms with E-state index in [1.807, 2.05) is 0 Å². The van der Waals surface area contributed by atoms with Crippen LogP contribution in [-0.4, -0.2) is 36.1 Å². The molecule has 144 valence electrons. The van der Waals surface area contributed by atoms with Crippen LogP contribution in [0.15, 0.2) is 0 Å². The zero-order chi connectivity index (χ0) is 16.5. The van der Waals surface area contributed by atoms with Crippen LogP contribution in [0.25, 0.3) is 0 Å². The predicted molar refractivity (Wildman–Crippen MR) is 101 cm³/mol. The van der Waals surface area contributed by atoms with Crippen LogP contribution in [0.5, 0.6) is 0 Å². The van der Waals surface area contributed by atoms with Crippen molar-refractivity contribution in [3.05, 3.63) is 0 Å². The van der Waals surface area contributed by atoms with E-state index >= 15 is 0 Å². The second kappa shape index (κ2) is 14.5. The molecule has 0 bridgehead atoms. The highest BCUT2D eigenvalue weighted by Gasteiger charge is 2.27. The second-order valence-corrected chi connectivity index (χ2v) is 8.97. The summed E-state index contributed by atoms with van der Waals surface area (Å²) in [6, 6.07) is 0. The van der Waals surface area contributed by atoms with Gasteiger partial charge in [-0.1, -0.05) is 55.4 Å². The Morgan fingerprint density at radius 2 is 0.652 bits per heavy atom. The summed E-state index contributed by atoms with van der Waals surface area (Å²) >= 11 is 0. The largest absolute Gasteiger partial charge is 1.00 e. The van der Waals surface area contributed by atoms with Gasteiger partial charge < -0.3 is 22.4 Å². The van der Waals surface area contributed by atoms with Crippen molar-refractivity contribution in [1.29, 1.82) is 0 Å². The summed E-state index contributed by atoms with van der Waals surface area (Å²) in [6.07, 6.45) is 5.53. The smallest absolute Gasteiger partial charge is 0.0789 e. The van der Waals surface area contributed by atoms with E-state index in [0.717, 1.165) is 23.7 Å². The van der Waals surface area contributed by atoms with Gasteiger partial charge in [0.15, 0.2) is 0 Å². The van der Waals surface area contributed by atoms with Crippen LogP contribution >= 0.6 is 0 Å². The van der Waals surface area contributed by atoms with Crippen molar-refractivity contribution >= 4 is 0 Å². The zero-order valence-corrected chi connectivity index (χ0v) is 18.0. The Hall–Kier alpha value is 0.210. The number of halogens is 1. The maximum absolute atomic E-state index is 2.38. The van der Waals surface area contributed by atoms with Gasteiger partial charge in [0.2, 0.25) is 0 Å². The lowest BCUT2D eigenvalue weighted by molar-refractivity contribution is -0.930. The summed E-state index contributed by atoms with van der Waals surface area (Å²) in [5.74, 6) is 3.33. The van der Waals surface area contributed by atoms with Gasteiger partial charge in [-0.3, -0.25) is 0 Å². The van der Waals surface area contributed by atoms with Crippen molar-refractivity contribution in [3.8, 4) is 0 Å². The molecule has 0 aliphatic rings. The second-order valence-electron chi connectivity index (χ2n) is 8.97. The fraction of sp³-hybridized carbons (Fsp3) is 1.00. The first-order valence-corrected chi connectivity index (χ1v) is 9.52. The third kappa shape index (κ3) is 15.5. The van der Waals surface area contributed by atoms with Gasteiger partial charge in [-0.15, -0.1) is 0 Å². The molecular weight excluding hydrogens is 306 g/mol. The van der Waals surface area contributed by atoms with Crippen molar-refractivity contribution in [2.24, 2.45) is 23.7 Å². The SMILES string of the molecule is CC(C)CC[N+](CCC(C)C)(CCC(C)C)CCC(C)C.O.[Cl-]. The zero-order valence-electron chi connectivity index (χ0n) is 17.3. The molecular formula is C20H46ClNO. The van der Waals surface area contributed by atoms with Gasteiger partial charge in [0.25, 0.3) is 0 Å². The van der Waals surface area contributed by atoms with Crippen molar-refractivity contribution in [2.45, 2.75) is 81.1 Å². The van der Waals surface area contributed by atoms with Crippen LogP contribution < -0.4 is 12.4 Å². The summed E-state index contributed by atoms with van der Waals surface area (Å²) < 4.78 is 1.38. The van der Waals surface area contributed by atoms with E-state index in [1.54, 1.807) is 0 Å². The minimum Gasteiger partial charge on any atom is -1.00 e. The Bertz CT molecular complexity index is 199. The van der Waals surface area contributed by atoms with Gasteiger partial charge in [0, 0.05) is 0 Å². The maximum atomic E-state index is 2.38. The molecule has 0 unspecified atom stereocenters. The van der Waals surface area contributed by atoms with E-state index in [4.69, 9.17) is 0 Å². The van der Waals surface area contributed by atoms with Crippen LogP contribution in [-0.2, 0) is 0 Å². The molecule has 0 aliphatic heterocycles. The van der Waals surface area contributed by atoms with Gasteiger partial charge in [-0.2, -0.15) is 0 Å². The summed E-state index contributed by atoms with van der Waals surface area (Å²) in [7, 11) is 0. The lowest BCUT2D eigenvalue weighted by Gasteiger charge is -2.41. The fourth-order valence-corrected chi connectivity index (χ4v) is 2.80. The van der Waals surface area contributed by atoms with E-state index in [9.17, 15) is 0 Å². The molecule has 2 N–H and O–H groups in total. The molecule has 0 radical (unpaired) electrons. The molecule has 0 heterocycles. The molecule has 0 saturated carbocycles.